The van der Waals surface area contributed by atoms with E-state index in [2.05, 4.69) is 4.98 Å². The third-order valence-corrected chi connectivity index (χ3v) is 5.88. The van der Waals surface area contributed by atoms with Crippen molar-refractivity contribution in [3.05, 3.63) is 66.6 Å². The van der Waals surface area contributed by atoms with Crippen LogP contribution in [-0.4, -0.2) is 30.2 Å². The van der Waals surface area contributed by atoms with Crippen LogP contribution in [0.2, 0.25) is 0 Å². The smallest absolute Gasteiger partial charge is 0.273 e. The van der Waals surface area contributed by atoms with Gasteiger partial charge in [-0.2, -0.15) is 0 Å². The molecule has 8 heteroatoms. The lowest BCUT2D eigenvalue weighted by atomic mass is 10.2. The molecule has 0 saturated heterocycles. The molecule has 1 aliphatic heterocycles. The molecular weight excluding hydrogens is 416 g/mol. The van der Waals surface area contributed by atoms with E-state index in [-0.39, 0.29) is 19.1 Å². The van der Waals surface area contributed by atoms with E-state index in [1.807, 2.05) is 49.4 Å². The molecule has 0 radical (unpaired) electrons. The first-order valence-corrected chi connectivity index (χ1v) is 10.8. The SMILES string of the molecule is CCOc1ccc2nc(N(Cc3ccco3)C(=O)C3COc4ccccc4O3)sc2c1. The van der Waals surface area contributed by atoms with Crippen LogP contribution in [0.4, 0.5) is 5.13 Å². The average molecular weight is 436 g/mol. The fraction of sp³-hybridized carbons (Fsp3) is 0.217. The van der Waals surface area contributed by atoms with Gasteiger partial charge in [-0.15, -0.1) is 0 Å². The number of carbonyl (C=O) groups excluding carboxylic acids is 1. The topological polar surface area (TPSA) is 74.0 Å². The van der Waals surface area contributed by atoms with Gasteiger partial charge in [0.1, 0.15) is 18.1 Å². The second-order valence-corrected chi connectivity index (χ2v) is 7.94. The highest BCUT2D eigenvalue weighted by molar-refractivity contribution is 7.22. The van der Waals surface area contributed by atoms with Gasteiger partial charge < -0.3 is 18.6 Å². The van der Waals surface area contributed by atoms with Crippen LogP contribution in [-0.2, 0) is 11.3 Å². The van der Waals surface area contributed by atoms with Gasteiger partial charge in [-0.1, -0.05) is 23.5 Å². The molecule has 1 unspecified atom stereocenters. The largest absolute Gasteiger partial charge is 0.494 e. The molecule has 1 aliphatic rings. The second-order valence-electron chi connectivity index (χ2n) is 6.93. The molecule has 4 aromatic rings. The van der Waals surface area contributed by atoms with Crippen LogP contribution < -0.4 is 19.1 Å². The number of benzene rings is 2. The molecule has 7 nitrogen and oxygen atoms in total. The van der Waals surface area contributed by atoms with Crippen LogP contribution in [0.25, 0.3) is 10.2 Å². The molecule has 0 spiro atoms. The standard InChI is InChI=1S/C23H20N2O5S/c1-2-27-15-9-10-17-21(12-15)31-23(24-17)25(13-16-6-5-11-28-16)22(26)20-14-29-18-7-3-4-8-19(18)30-20/h3-12,20H,2,13-14H2,1H3. The van der Waals surface area contributed by atoms with Crippen molar-refractivity contribution >= 4 is 32.6 Å². The Labute approximate surface area is 182 Å². The predicted molar refractivity (Wildman–Crippen MR) is 117 cm³/mol. The van der Waals surface area contributed by atoms with Crippen molar-refractivity contribution in [1.29, 1.82) is 0 Å². The van der Waals surface area contributed by atoms with E-state index in [0.29, 0.717) is 29.0 Å². The van der Waals surface area contributed by atoms with Crippen LogP contribution in [0.3, 0.4) is 0 Å². The number of ether oxygens (including phenoxy) is 3. The number of amides is 1. The van der Waals surface area contributed by atoms with Crippen molar-refractivity contribution < 1.29 is 23.4 Å². The Morgan fingerprint density at radius 3 is 2.87 bits per heavy atom. The maximum atomic E-state index is 13.5. The zero-order valence-corrected chi connectivity index (χ0v) is 17.6. The maximum Gasteiger partial charge on any atom is 0.273 e. The minimum Gasteiger partial charge on any atom is -0.494 e. The first-order chi connectivity index (χ1) is 15.2. The van der Waals surface area contributed by atoms with Gasteiger partial charge in [0.05, 0.1) is 29.6 Å². The van der Waals surface area contributed by atoms with Gasteiger partial charge in [-0.3, -0.25) is 9.69 Å². The number of furan rings is 1. The number of aromatic nitrogens is 1. The number of rotatable bonds is 6. The van der Waals surface area contributed by atoms with Gasteiger partial charge in [0.25, 0.3) is 5.91 Å². The van der Waals surface area contributed by atoms with Crippen molar-refractivity contribution in [1.82, 2.24) is 4.98 Å². The lowest BCUT2D eigenvalue weighted by Gasteiger charge is -2.29. The van der Waals surface area contributed by atoms with Gasteiger partial charge in [-0.25, -0.2) is 4.98 Å². The van der Waals surface area contributed by atoms with E-state index in [0.717, 1.165) is 16.0 Å². The Kier molecular flexibility index (Phi) is 5.21. The highest BCUT2D eigenvalue weighted by Gasteiger charge is 2.33. The summed E-state index contributed by atoms with van der Waals surface area (Å²) in [5, 5.41) is 0.563. The van der Waals surface area contributed by atoms with Crippen LogP contribution in [0.15, 0.2) is 65.3 Å². The third-order valence-electron chi connectivity index (χ3n) is 4.83. The monoisotopic (exact) mass is 436 g/mol. The molecule has 31 heavy (non-hydrogen) atoms. The highest BCUT2D eigenvalue weighted by Crippen LogP contribution is 2.35. The molecule has 1 amide bonds. The summed E-state index contributed by atoms with van der Waals surface area (Å²) >= 11 is 1.42. The van der Waals surface area contributed by atoms with Crippen molar-refractivity contribution in [2.75, 3.05) is 18.1 Å². The van der Waals surface area contributed by atoms with Crippen molar-refractivity contribution in [2.45, 2.75) is 19.6 Å². The molecule has 2 aromatic heterocycles. The maximum absolute atomic E-state index is 13.5. The molecule has 158 valence electrons. The third kappa shape index (κ3) is 3.94. The highest BCUT2D eigenvalue weighted by atomic mass is 32.1. The number of anilines is 1. The summed E-state index contributed by atoms with van der Waals surface area (Å²) in [4.78, 5) is 19.8. The van der Waals surface area contributed by atoms with Gasteiger partial charge in [0.2, 0.25) is 6.10 Å². The van der Waals surface area contributed by atoms with Crippen LogP contribution in [0.1, 0.15) is 12.7 Å². The lowest BCUT2D eigenvalue weighted by molar-refractivity contribution is -0.127. The number of hydrogen-bond donors (Lipinski definition) is 0. The number of thiazole rings is 1. The van der Waals surface area contributed by atoms with Gasteiger partial charge in [0.15, 0.2) is 16.6 Å². The molecule has 5 rings (SSSR count). The number of fused-ring (bicyclic) bond motifs is 2. The van der Waals surface area contributed by atoms with Gasteiger partial charge >= 0.3 is 0 Å². The number of para-hydroxylation sites is 2. The summed E-state index contributed by atoms with van der Waals surface area (Å²) in [7, 11) is 0. The minimum absolute atomic E-state index is 0.129. The van der Waals surface area contributed by atoms with E-state index in [9.17, 15) is 4.79 Å². The molecule has 0 N–H and O–H groups in total. The Bertz CT molecular complexity index is 1200. The predicted octanol–water partition coefficient (Wildman–Crippen LogP) is 4.66. The molecule has 0 saturated carbocycles. The summed E-state index contributed by atoms with van der Waals surface area (Å²) in [6, 6.07) is 16.7. The Balaban J connectivity index is 1.47. The number of carbonyl (C=O) groups is 1. The fourth-order valence-electron chi connectivity index (χ4n) is 3.38. The molecule has 1 atom stereocenters. The summed E-state index contributed by atoms with van der Waals surface area (Å²) in [6.45, 7) is 2.90. The van der Waals surface area contributed by atoms with E-state index in [1.165, 1.54) is 11.3 Å². The molecule has 0 fully saturated rings. The normalized spacial score (nSPS) is 15.1. The fourth-order valence-corrected chi connectivity index (χ4v) is 4.38. The Morgan fingerprint density at radius 1 is 1.19 bits per heavy atom. The zero-order chi connectivity index (χ0) is 21.2. The zero-order valence-electron chi connectivity index (χ0n) is 16.8. The first-order valence-electron chi connectivity index (χ1n) is 9.97. The van der Waals surface area contributed by atoms with Crippen LogP contribution in [0.5, 0.6) is 17.2 Å². The van der Waals surface area contributed by atoms with E-state index in [4.69, 9.17) is 18.6 Å². The molecule has 3 heterocycles. The van der Waals surface area contributed by atoms with Gasteiger partial charge in [0, 0.05) is 0 Å². The van der Waals surface area contributed by atoms with Crippen molar-refractivity contribution in [3.63, 3.8) is 0 Å². The molecule has 2 aromatic carbocycles. The van der Waals surface area contributed by atoms with Gasteiger partial charge in [-0.05, 0) is 49.4 Å². The summed E-state index contributed by atoms with van der Waals surface area (Å²) in [5.41, 5.74) is 0.798. The molecule has 0 aliphatic carbocycles. The number of hydrogen-bond acceptors (Lipinski definition) is 7. The van der Waals surface area contributed by atoms with E-state index >= 15 is 0 Å². The number of nitrogens with zero attached hydrogens (tertiary/aromatic N) is 2. The minimum atomic E-state index is -0.782. The van der Waals surface area contributed by atoms with Crippen molar-refractivity contribution in [2.24, 2.45) is 0 Å². The second kappa shape index (κ2) is 8.31. The molecule has 0 bridgehead atoms. The Hall–Kier alpha value is -3.52. The quantitative estimate of drug-likeness (QED) is 0.438. The van der Waals surface area contributed by atoms with E-state index in [1.54, 1.807) is 23.3 Å². The summed E-state index contributed by atoms with van der Waals surface area (Å²) < 4.78 is 23.7. The lowest BCUT2D eigenvalue weighted by Crippen LogP contribution is -2.46. The molecular formula is C23H20N2O5S. The first kappa shape index (κ1) is 19.4. The Morgan fingerprint density at radius 2 is 2.06 bits per heavy atom. The average Bonchev–Trinajstić information content (AvgIpc) is 3.46. The van der Waals surface area contributed by atoms with E-state index < -0.39 is 6.10 Å². The van der Waals surface area contributed by atoms with Crippen LogP contribution >= 0.6 is 11.3 Å². The van der Waals surface area contributed by atoms with Crippen molar-refractivity contribution in [3.8, 4) is 17.2 Å². The van der Waals surface area contributed by atoms with Crippen LogP contribution in [0, 0.1) is 0 Å². The summed E-state index contributed by atoms with van der Waals surface area (Å²) in [6.07, 6.45) is 0.803. The summed E-state index contributed by atoms with van der Waals surface area (Å²) in [5.74, 6) is 2.37.